The molecule has 1 saturated heterocycles. The van der Waals surface area contributed by atoms with E-state index in [-0.39, 0.29) is 11.9 Å². The van der Waals surface area contributed by atoms with Gasteiger partial charge in [-0.05, 0) is 43.4 Å². The first-order valence-electron chi connectivity index (χ1n) is 7.36. The Morgan fingerprint density at radius 3 is 2.95 bits per heavy atom. The zero-order valence-electron chi connectivity index (χ0n) is 12.5. The number of benzene rings is 1. The number of aryl methyl sites for hydroxylation is 2. The Kier molecular flexibility index (Phi) is 3.73. The molecule has 2 heterocycles. The highest BCUT2D eigenvalue weighted by Gasteiger charge is 2.30. The number of carbonyl (C=O) groups is 1. The van der Waals surface area contributed by atoms with E-state index in [4.69, 9.17) is 0 Å². The maximum Gasteiger partial charge on any atom is 0.230 e. The fourth-order valence-corrected chi connectivity index (χ4v) is 2.94. The van der Waals surface area contributed by atoms with Gasteiger partial charge in [0.15, 0.2) is 0 Å². The second-order valence-corrected chi connectivity index (χ2v) is 5.70. The first kappa shape index (κ1) is 13.8. The smallest absolute Gasteiger partial charge is 0.230 e. The molecule has 0 spiro atoms. The van der Waals surface area contributed by atoms with Gasteiger partial charge in [0.1, 0.15) is 12.2 Å². The Labute approximate surface area is 124 Å². The van der Waals surface area contributed by atoms with Gasteiger partial charge in [-0.25, -0.2) is 4.98 Å². The summed E-state index contributed by atoms with van der Waals surface area (Å²) >= 11 is 0. The van der Waals surface area contributed by atoms with Gasteiger partial charge >= 0.3 is 0 Å². The lowest BCUT2D eigenvalue weighted by atomic mass is 9.99. The van der Waals surface area contributed by atoms with Gasteiger partial charge in [0.2, 0.25) is 5.91 Å². The van der Waals surface area contributed by atoms with Crippen LogP contribution in [0.15, 0.2) is 24.5 Å². The fraction of sp³-hybridized carbons (Fsp3) is 0.438. The molecule has 5 heteroatoms. The van der Waals surface area contributed by atoms with Gasteiger partial charge in [-0.3, -0.25) is 9.89 Å². The Balaban J connectivity index is 1.78. The molecule has 0 saturated carbocycles. The second kappa shape index (κ2) is 5.68. The van der Waals surface area contributed by atoms with Gasteiger partial charge in [0.25, 0.3) is 0 Å². The van der Waals surface area contributed by atoms with Crippen LogP contribution in [0.2, 0.25) is 0 Å². The first-order chi connectivity index (χ1) is 10.1. The van der Waals surface area contributed by atoms with E-state index in [9.17, 15) is 4.79 Å². The van der Waals surface area contributed by atoms with Crippen LogP contribution in [-0.4, -0.2) is 32.5 Å². The van der Waals surface area contributed by atoms with E-state index in [0.29, 0.717) is 12.2 Å². The van der Waals surface area contributed by atoms with Crippen LogP contribution in [0.25, 0.3) is 0 Å². The van der Waals surface area contributed by atoms with Gasteiger partial charge in [-0.15, -0.1) is 0 Å². The number of aromatic amines is 1. The van der Waals surface area contributed by atoms with E-state index < -0.39 is 0 Å². The molecule has 2 aromatic rings. The van der Waals surface area contributed by atoms with Gasteiger partial charge < -0.3 is 4.90 Å². The average Bonchev–Trinajstić information content (AvgIpc) is 3.12. The molecule has 1 aliphatic rings. The molecule has 3 rings (SSSR count). The third-order valence-corrected chi connectivity index (χ3v) is 4.27. The van der Waals surface area contributed by atoms with Crippen molar-refractivity contribution in [1.29, 1.82) is 0 Å². The van der Waals surface area contributed by atoms with Crippen LogP contribution in [0.1, 0.15) is 41.4 Å². The molecule has 21 heavy (non-hydrogen) atoms. The van der Waals surface area contributed by atoms with E-state index in [0.717, 1.165) is 19.4 Å². The lowest BCUT2D eigenvalue weighted by molar-refractivity contribution is -0.131. The second-order valence-electron chi connectivity index (χ2n) is 5.70. The molecule has 1 aromatic heterocycles. The van der Waals surface area contributed by atoms with E-state index in [1.807, 2.05) is 4.90 Å². The summed E-state index contributed by atoms with van der Waals surface area (Å²) in [6, 6.07) is 6.69. The van der Waals surface area contributed by atoms with Crippen LogP contribution in [-0.2, 0) is 11.2 Å². The maximum atomic E-state index is 12.5. The predicted molar refractivity (Wildman–Crippen MR) is 79.7 cm³/mol. The van der Waals surface area contributed by atoms with Crippen molar-refractivity contribution in [2.75, 3.05) is 6.54 Å². The fourth-order valence-electron chi connectivity index (χ4n) is 2.94. The number of aromatic nitrogens is 3. The quantitative estimate of drug-likeness (QED) is 0.941. The average molecular weight is 284 g/mol. The third kappa shape index (κ3) is 2.82. The van der Waals surface area contributed by atoms with Crippen LogP contribution < -0.4 is 0 Å². The topological polar surface area (TPSA) is 61.9 Å². The van der Waals surface area contributed by atoms with Crippen molar-refractivity contribution < 1.29 is 4.79 Å². The Morgan fingerprint density at radius 1 is 1.38 bits per heavy atom. The van der Waals surface area contributed by atoms with Gasteiger partial charge in [-0.2, -0.15) is 5.10 Å². The van der Waals surface area contributed by atoms with Crippen molar-refractivity contribution >= 4 is 5.91 Å². The monoisotopic (exact) mass is 284 g/mol. The van der Waals surface area contributed by atoms with Crippen LogP contribution in [0.4, 0.5) is 0 Å². The molecule has 1 amide bonds. The Hall–Kier alpha value is -2.17. The summed E-state index contributed by atoms with van der Waals surface area (Å²) in [5.74, 6) is 0.748. The summed E-state index contributed by atoms with van der Waals surface area (Å²) in [5, 5.41) is 6.55. The number of nitrogens with one attached hydrogen (secondary N) is 1. The number of carbonyl (C=O) groups excluding carboxylic acids is 1. The lowest BCUT2D eigenvalue weighted by Gasteiger charge is -2.25. The molecule has 1 fully saturated rings. The van der Waals surface area contributed by atoms with E-state index >= 15 is 0 Å². The van der Waals surface area contributed by atoms with Crippen molar-refractivity contribution in [2.45, 2.75) is 39.2 Å². The summed E-state index contributed by atoms with van der Waals surface area (Å²) in [6.07, 6.45) is 3.82. The van der Waals surface area contributed by atoms with Gasteiger partial charge in [-0.1, -0.05) is 18.2 Å². The molecule has 0 bridgehead atoms. The standard InChI is InChI=1S/C16H20N4O/c1-11-5-6-13(8-12(11)2)14-4-3-7-20(14)16(21)9-15-17-10-18-19-15/h5-6,8,10,14H,3-4,7,9H2,1-2H3,(H,17,18,19). The number of nitrogens with zero attached hydrogens (tertiary/aromatic N) is 3. The Bertz CT molecular complexity index is 636. The Morgan fingerprint density at radius 2 is 2.24 bits per heavy atom. The number of hydrogen-bond acceptors (Lipinski definition) is 3. The minimum absolute atomic E-state index is 0.118. The SMILES string of the molecule is Cc1ccc(C2CCCN2C(=O)Cc2ncn[nH]2)cc1C. The summed E-state index contributed by atoms with van der Waals surface area (Å²) in [7, 11) is 0. The number of rotatable bonds is 3. The third-order valence-electron chi connectivity index (χ3n) is 4.27. The van der Waals surface area contributed by atoms with E-state index in [2.05, 4.69) is 47.2 Å². The van der Waals surface area contributed by atoms with Gasteiger partial charge in [0.05, 0.1) is 12.5 Å². The van der Waals surface area contributed by atoms with Crippen molar-refractivity contribution in [3.8, 4) is 0 Å². The van der Waals surface area contributed by atoms with E-state index in [1.165, 1.54) is 23.0 Å². The predicted octanol–water partition coefficient (Wildman–Crippen LogP) is 2.33. The highest BCUT2D eigenvalue weighted by Crippen LogP contribution is 2.33. The molecular formula is C16H20N4O. The molecule has 5 nitrogen and oxygen atoms in total. The summed E-state index contributed by atoms with van der Waals surface area (Å²) < 4.78 is 0. The maximum absolute atomic E-state index is 12.5. The first-order valence-corrected chi connectivity index (χ1v) is 7.36. The number of likely N-dealkylation sites (tertiary alicyclic amines) is 1. The lowest BCUT2D eigenvalue weighted by Crippen LogP contribution is -2.32. The van der Waals surface area contributed by atoms with Crippen molar-refractivity contribution in [1.82, 2.24) is 20.1 Å². The van der Waals surface area contributed by atoms with Crippen molar-refractivity contribution in [2.24, 2.45) is 0 Å². The molecule has 1 aliphatic heterocycles. The largest absolute Gasteiger partial charge is 0.335 e. The zero-order valence-corrected chi connectivity index (χ0v) is 12.5. The van der Waals surface area contributed by atoms with Crippen LogP contribution in [0.5, 0.6) is 0 Å². The molecule has 0 aliphatic carbocycles. The minimum Gasteiger partial charge on any atom is -0.335 e. The highest BCUT2D eigenvalue weighted by molar-refractivity contribution is 5.78. The summed E-state index contributed by atoms with van der Waals surface area (Å²) in [6.45, 7) is 5.06. The molecule has 1 aromatic carbocycles. The summed E-state index contributed by atoms with van der Waals surface area (Å²) in [5.41, 5.74) is 3.81. The molecule has 1 N–H and O–H groups in total. The number of amides is 1. The minimum atomic E-state index is 0.118. The number of H-pyrrole nitrogens is 1. The normalized spacial score (nSPS) is 18.2. The number of hydrogen-bond donors (Lipinski definition) is 1. The molecule has 1 unspecified atom stereocenters. The van der Waals surface area contributed by atoms with Crippen LogP contribution in [0.3, 0.4) is 0 Å². The van der Waals surface area contributed by atoms with Crippen LogP contribution >= 0.6 is 0 Å². The zero-order chi connectivity index (χ0) is 14.8. The van der Waals surface area contributed by atoms with E-state index in [1.54, 1.807) is 0 Å². The van der Waals surface area contributed by atoms with Crippen molar-refractivity contribution in [3.05, 3.63) is 47.0 Å². The molecule has 0 radical (unpaired) electrons. The van der Waals surface area contributed by atoms with Gasteiger partial charge in [0, 0.05) is 6.54 Å². The van der Waals surface area contributed by atoms with Crippen molar-refractivity contribution in [3.63, 3.8) is 0 Å². The van der Waals surface area contributed by atoms with Crippen LogP contribution in [0, 0.1) is 13.8 Å². The summed E-state index contributed by atoms with van der Waals surface area (Å²) in [4.78, 5) is 18.5. The highest BCUT2D eigenvalue weighted by atomic mass is 16.2. The molecule has 1 atom stereocenters. The molecular weight excluding hydrogens is 264 g/mol. The molecule has 110 valence electrons.